The Morgan fingerprint density at radius 2 is 1.82 bits per heavy atom. The van der Waals surface area contributed by atoms with E-state index in [-0.39, 0.29) is 101 Å². The fourth-order valence-corrected chi connectivity index (χ4v) is 2.62. The van der Waals surface area contributed by atoms with Gasteiger partial charge in [-0.1, -0.05) is 7.60 Å². The van der Waals surface area contributed by atoms with Gasteiger partial charge in [-0.05, 0) is 31.5 Å². The number of hydrogen-bond acceptors (Lipinski definition) is 6. The van der Waals surface area contributed by atoms with Crippen LogP contribution in [-0.2, 0) is 9.36 Å². The fourth-order valence-electron chi connectivity index (χ4n) is 1.66. The molecule has 0 saturated carbocycles. The minimum atomic E-state index is -4.53. The second-order valence-electron chi connectivity index (χ2n) is 3.51. The largest absolute Gasteiger partial charge is 1.00 e. The second kappa shape index (κ2) is 11.3. The van der Waals surface area contributed by atoms with Gasteiger partial charge in [0.05, 0.1) is 5.97 Å². The van der Waals surface area contributed by atoms with Gasteiger partial charge < -0.3 is 29.6 Å². The number of nitrogens with one attached hydrogen (secondary N) is 1. The van der Waals surface area contributed by atoms with E-state index < -0.39 is 25.8 Å². The van der Waals surface area contributed by atoms with Crippen molar-refractivity contribution < 1.29 is 113 Å². The van der Waals surface area contributed by atoms with Gasteiger partial charge in [0, 0.05) is 6.04 Å². The quantitative estimate of drug-likeness (QED) is 0.407. The first kappa shape index (κ1) is 24.6. The third-order valence-corrected chi connectivity index (χ3v) is 3.24. The van der Waals surface area contributed by atoms with Gasteiger partial charge in [0.25, 0.3) is 0 Å². The van der Waals surface area contributed by atoms with Crippen molar-refractivity contribution in [3.8, 4) is 0 Å². The smallest absolute Gasteiger partial charge is 0.811 e. The first-order valence-electron chi connectivity index (χ1n) is 4.34. The van der Waals surface area contributed by atoms with E-state index in [4.69, 9.17) is 0 Å². The summed E-state index contributed by atoms with van der Waals surface area (Å²) in [6.45, 7) is 0.406. The molecule has 0 aromatic rings. The van der Waals surface area contributed by atoms with E-state index in [9.17, 15) is 24.3 Å². The molecule has 17 heavy (non-hydrogen) atoms. The van der Waals surface area contributed by atoms with Crippen molar-refractivity contribution in [2.75, 3.05) is 12.7 Å². The zero-order valence-electron chi connectivity index (χ0n) is 10.5. The van der Waals surface area contributed by atoms with Gasteiger partial charge in [-0.2, -0.15) is 0 Å². The Hall–Kier alpha value is 2.58. The van der Waals surface area contributed by atoms with Crippen LogP contribution < -0.4 is 109 Å². The molecule has 10 heteroatoms. The third kappa shape index (κ3) is 11.0. The molecule has 0 bridgehead atoms. The predicted octanol–water partition coefficient (Wildman–Crippen LogP) is -12.0. The van der Waals surface area contributed by atoms with Crippen molar-refractivity contribution in [1.82, 2.24) is 5.32 Å². The Labute approximate surface area is 167 Å². The summed E-state index contributed by atoms with van der Waals surface area (Å²) in [5.41, 5.74) is 0. The summed E-state index contributed by atoms with van der Waals surface area (Å²) in [4.78, 5) is 31.4. The van der Waals surface area contributed by atoms with Gasteiger partial charge in [-0.25, -0.2) is 0 Å². The fraction of sp³-hybridized carbons (Fsp3) is 0.857. The first-order chi connectivity index (χ1) is 6.38. The zero-order chi connectivity index (χ0) is 10.8. The van der Waals surface area contributed by atoms with Crippen molar-refractivity contribution in [2.45, 2.75) is 18.9 Å². The summed E-state index contributed by atoms with van der Waals surface area (Å²) in [5, 5.41) is 13.1. The van der Waals surface area contributed by atoms with Crippen molar-refractivity contribution in [3.05, 3.63) is 0 Å². The first-order valence-corrected chi connectivity index (χ1v) is 6.06. The molecule has 0 aliphatic carbocycles. The number of carbonyl (C=O) groups is 1. The molecule has 1 aliphatic rings. The number of hydrogen-bond donors (Lipinski definition) is 1. The van der Waals surface area contributed by atoms with Crippen LogP contribution in [0.2, 0.25) is 0 Å². The van der Waals surface area contributed by atoms with Crippen LogP contribution in [0.15, 0.2) is 0 Å². The molecular weight excluding hydrogens is 278 g/mol. The summed E-state index contributed by atoms with van der Waals surface area (Å²) < 4.78 is 10.5. The molecule has 0 spiro atoms. The topological polar surface area (TPSA) is 115 Å². The van der Waals surface area contributed by atoms with Crippen molar-refractivity contribution >= 4 is 13.6 Å². The van der Waals surface area contributed by atoms with Crippen LogP contribution in [0.5, 0.6) is 0 Å². The Bertz CT molecular complexity index is 274. The molecule has 6 nitrogen and oxygen atoms in total. The third-order valence-electron chi connectivity index (χ3n) is 2.28. The molecule has 0 aromatic heterocycles. The van der Waals surface area contributed by atoms with Crippen molar-refractivity contribution in [1.29, 1.82) is 0 Å². The van der Waals surface area contributed by atoms with Crippen LogP contribution in [0.4, 0.5) is 0 Å². The molecule has 0 radical (unpaired) electrons. The Morgan fingerprint density at radius 3 is 2.24 bits per heavy atom. The average Bonchev–Trinajstić information content (AvgIpc) is 2.01. The monoisotopic (exact) mass is 289 g/mol. The normalized spacial score (nSPS) is 23.6. The van der Waals surface area contributed by atoms with Crippen LogP contribution in [0.1, 0.15) is 12.8 Å². The molecule has 1 heterocycles. The van der Waals surface area contributed by atoms with Gasteiger partial charge >= 0.3 is 88.7 Å². The van der Waals surface area contributed by atoms with Crippen LogP contribution in [0.3, 0.4) is 0 Å². The van der Waals surface area contributed by atoms with Crippen LogP contribution >= 0.6 is 7.60 Å². The summed E-state index contributed by atoms with van der Waals surface area (Å²) in [5.74, 6) is -1.61. The standard InChI is InChI=1S/C7H14NO5P.3Na/c9-7(10)6-3-5(1-2-8-6)4-14(11,12)13;;;/h5-6,8H,1-4H2,(H,9,10)(H2,11,12,13);;;/q;3*+1/p-3/t5-,6?;;;/m0.../s1. The molecule has 1 aliphatic heterocycles. The average molecular weight is 289 g/mol. The van der Waals surface area contributed by atoms with Gasteiger partial charge in [-0.3, -0.25) is 0 Å². The van der Waals surface area contributed by atoms with E-state index in [0.29, 0.717) is 13.0 Å². The molecule has 1 saturated heterocycles. The second-order valence-corrected chi connectivity index (χ2v) is 5.10. The maximum Gasteiger partial charge on any atom is 1.00 e. The number of rotatable bonds is 3. The molecule has 2 atom stereocenters. The molecule has 1 rings (SSSR count). The Kier molecular flexibility index (Phi) is 16.3. The van der Waals surface area contributed by atoms with Crippen LogP contribution in [0.25, 0.3) is 0 Å². The van der Waals surface area contributed by atoms with E-state index in [1.807, 2.05) is 0 Å². The molecule has 0 amide bonds. The van der Waals surface area contributed by atoms with Crippen LogP contribution in [0, 0.1) is 5.92 Å². The number of carbonyl (C=O) groups excluding carboxylic acids is 1. The zero-order valence-corrected chi connectivity index (χ0v) is 17.4. The summed E-state index contributed by atoms with van der Waals surface area (Å²) in [6, 6.07) is -0.833. The minimum absolute atomic E-state index is 0. The summed E-state index contributed by atoms with van der Waals surface area (Å²) in [6.07, 6.45) is 0.202. The van der Waals surface area contributed by atoms with Gasteiger partial charge in [-0.15, -0.1) is 0 Å². The number of carboxylic acid groups (broad SMARTS) is 1. The molecule has 1 unspecified atom stereocenters. The van der Waals surface area contributed by atoms with Crippen LogP contribution in [-0.4, -0.2) is 24.7 Å². The predicted molar refractivity (Wildman–Crippen MR) is 42.0 cm³/mol. The number of carboxylic acids is 1. The van der Waals surface area contributed by atoms with Crippen molar-refractivity contribution in [2.24, 2.45) is 5.92 Å². The van der Waals surface area contributed by atoms with Crippen molar-refractivity contribution in [3.63, 3.8) is 0 Å². The maximum absolute atomic E-state index is 10.5. The maximum atomic E-state index is 10.5. The molecule has 1 N–H and O–H groups in total. The van der Waals surface area contributed by atoms with Gasteiger partial charge in [0.2, 0.25) is 0 Å². The van der Waals surface area contributed by atoms with E-state index in [2.05, 4.69) is 5.32 Å². The van der Waals surface area contributed by atoms with Gasteiger partial charge in [0.15, 0.2) is 0 Å². The number of piperidine rings is 1. The Balaban J connectivity index is -0.000000653. The molecular formula is C7H11NNa3O5P. The molecule has 0 aromatic carbocycles. The molecule has 82 valence electrons. The SMILES string of the molecule is O=C([O-])C1C[C@@H](CP(=O)([O-])[O-])CCN1.[Na+].[Na+].[Na+]. The summed E-state index contributed by atoms with van der Waals surface area (Å²) in [7, 11) is -4.53. The number of aliphatic carboxylic acids is 1. The van der Waals surface area contributed by atoms with Gasteiger partial charge in [0.1, 0.15) is 0 Å². The van der Waals surface area contributed by atoms with E-state index in [1.165, 1.54) is 0 Å². The van der Waals surface area contributed by atoms with E-state index in [0.717, 1.165) is 0 Å². The molecule has 1 fully saturated rings. The minimum Gasteiger partial charge on any atom is -0.811 e. The Morgan fingerprint density at radius 1 is 1.29 bits per heavy atom. The summed E-state index contributed by atoms with van der Waals surface area (Å²) >= 11 is 0. The van der Waals surface area contributed by atoms with E-state index in [1.54, 1.807) is 0 Å². The van der Waals surface area contributed by atoms with E-state index >= 15 is 0 Å².